The minimum absolute atomic E-state index is 0.00454. The van der Waals surface area contributed by atoms with Gasteiger partial charge in [0.1, 0.15) is 18.5 Å². The largest absolute Gasteiger partial charge is 0.496 e. The first-order valence-electron chi connectivity index (χ1n) is 9.16. The van der Waals surface area contributed by atoms with Gasteiger partial charge in [-0.3, -0.25) is 14.3 Å². The van der Waals surface area contributed by atoms with Crippen molar-refractivity contribution < 1.29 is 19.0 Å². The summed E-state index contributed by atoms with van der Waals surface area (Å²) in [5, 5.41) is 2.68. The zero-order valence-electron chi connectivity index (χ0n) is 16.2. The van der Waals surface area contributed by atoms with Crippen molar-refractivity contribution in [2.75, 3.05) is 20.3 Å². The molecule has 0 fully saturated rings. The van der Waals surface area contributed by atoms with Crippen LogP contribution in [0.2, 0.25) is 0 Å². The molecular weight excluding hydrogens is 378 g/mol. The van der Waals surface area contributed by atoms with E-state index in [1.54, 1.807) is 26.2 Å². The Bertz CT molecular complexity index is 1010. The van der Waals surface area contributed by atoms with Crippen LogP contribution in [0.15, 0.2) is 52.2 Å². The Labute approximate surface area is 166 Å². The van der Waals surface area contributed by atoms with E-state index in [2.05, 4.69) is 10.3 Å². The zero-order valence-corrected chi connectivity index (χ0v) is 16.2. The molecule has 2 atom stereocenters. The highest BCUT2D eigenvalue weighted by atomic mass is 16.6. The fraction of sp³-hybridized carbons (Fsp3) is 0.350. The van der Waals surface area contributed by atoms with Gasteiger partial charge in [-0.05, 0) is 31.1 Å². The molecule has 2 N–H and O–H groups in total. The highest BCUT2D eigenvalue weighted by Crippen LogP contribution is 2.20. The third kappa shape index (κ3) is 5.14. The lowest BCUT2D eigenvalue weighted by Crippen LogP contribution is -2.34. The molecule has 1 aromatic heterocycles. The Balaban J connectivity index is 1.44. The molecule has 1 aromatic carbocycles. The summed E-state index contributed by atoms with van der Waals surface area (Å²) in [6.45, 7) is 2.00. The third-order valence-corrected chi connectivity index (χ3v) is 4.46. The van der Waals surface area contributed by atoms with Crippen LogP contribution in [0.4, 0.5) is 4.79 Å². The number of aromatic nitrogens is 2. The van der Waals surface area contributed by atoms with Crippen LogP contribution in [0.1, 0.15) is 17.4 Å². The number of rotatable bonds is 7. The van der Waals surface area contributed by atoms with E-state index < -0.39 is 29.7 Å². The Morgan fingerprint density at radius 3 is 2.86 bits per heavy atom. The van der Waals surface area contributed by atoms with Gasteiger partial charge in [-0.25, -0.2) is 9.59 Å². The lowest BCUT2D eigenvalue weighted by atomic mass is 10.1. The summed E-state index contributed by atoms with van der Waals surface area (Å²) < 4.78 is 17.4. The van der Waals surface area contributed by atoms with Gasteiger partial charge in [0.15, 0.2) is 6.23 Å². The number of carbonyl (C=O) groups is 1. The number of H-pyrrole nitrogens is 1. The second-order valence-corrected chi connectivity index (χ2v) is 6.52. The van der Waals surface area contributed by atoms with Gasteiger partial charge in [0.05, 0.1) is 7.11 Å². The number of hydrogen-bond donors (Lipinski definition) is 2. The average molecular weight is 401 g/mol. The van der Waals surface area contributed by atoms with Gasteiger partial charge in [0, 0.05) is 18.3 Å². The quantitative estimate of drug-likeness (QED) is 0.676. The minimum Gasteiger partial charge on any atom is -0.496 e. The number of amides is 1. The molecule has 9 nitrogen and oxygen atoms in total. The summed E-state index contributed by atoms with van der Waals surface area (Å²) in [4.78, 5) is 37.5. The van der Waals surface area contributed by atoms with Crippen LogP contribution in [0.5, 0.6) is 5.75 Å². The number of nitrogens with zero attached hydrogens (tertiary/aromatic N) is 1. The fourth-order valence-corrected chi connectivity index (χ4v) is 2.93. The number of methoxy groups -OCH3 is 1. The van der Waals surface area contributed by atoms with Crippen molar-refractivity contribution in [1.29, 1.82) is 0 Å². The van der Waals surface area contributed by atoms with Crippen LogP contribution in [0.25, 0.3) is 0 Å². The molecule has 0 saturated heterocycles. The monoisotopic (exact) mass is 401 g/mol. The van der Waals surface area contributed by atoms with Gasteiger partial charge in [-0.15, -0.1) is 0 Å². The maximum Gasteiger partial charge on any atom is 0.407 e. The molecule has 0 saturated carbocycles. The molecule has 0 spiro atoms. The van der Waals surface area contributed by atoms with Crippen LogP contribution >= 0.6 is 0 Å². The van der Waals surface area contributed by atoms with Gasteiger partial charge in [0.2, 0.25) is 0 Å². The molecule has 9 heteroatoms. The van der Waals surface area contributed by atoms with Crippen LogP contribution < -0.4 is 21.3 Å². The summed E-state index contributed by atoms with van der Waals surface area (Å²) in [5.41, 5.74) is 0.390. The van der Waals surface area contributed by atoms with Crippen molar-refractivity contribution in [2.45, 2.75) is 25.7 Å². The van der Waals surface area contributed by atoms with Crippen molar-refractivity contribution in [3.63, 3.8) is 0 Å². The van der Waals surface area contributed by atoms with E-state index in [0.29, 0.717) is 18.5 Å². The van der Waals surface area contributed by atoms with Gasteiger partial charge in [0.25, 0.3) is 5.56 Å². The standard InChI is InChI=1S/C20H23N3O6/c1-13-11-23(19(25)22-18(13)24)17-8-7-15(29-17)12-28-20(26)21-10-9-14-5-3-4-6-16(14)27-2/h3-8,11,15,17H,9-10,12H2,1-2H3,(H,21,26)(H,22,24,25)/t15-,17+/m0/s1. The highest BCUT2D eigenvalue weighted by Gasteiger charge is 2.23. The predicted octanol–water partition coefficient (Wildman–Crippen LogP) is 1.28. The number of benzene rings is 1. The van der Waals surface area contributed by atoms with Crippen molar-refractivity contribution in [2.24, 2.45) is 0 Å². The summed E-state index contributed by atoms with van der Waals surface area (Å²) in [6.07, 6.45) is 3.71. The van der Waals surface area contributed by atoms with E-state index in [9.17, 15) is 14.4 Å². The first kappa shape index (κ1) is 20.4. The number of aryl methyl sites for hydroxylation is 1. The number of hydrogen-bond acceptors (Lipinski definition) is 6. The number of aromatic amines is 1. The van der Waals surface area contributed by atoms with E-state index in [0.717, 1.165) is 11.3 Å². The Kier molecular flexibility index (Phi) is 6.50. The summed E-state index contributed by atoms with van der Waals surface area (Å²) in [7, 11) is 1.60. The van der Waals surface area contributed by atoms with Crippen molar-refractivity contribution in [1.82, 2.24) is 14.9 Å². The van der Waals surface area contributed by atoms with Crippen molar-refractivity contribution in [3.8, 4) is 5.75 Å². The summed E-state index contributed by atoms with van der Waals surface area (Å²) >= 11 is 0. The van der Waals surface area contributed by atoms with Crippen LogP contribution in [0.3, 0.4) is 0 Å². The topological polar surface area (TPSA) is 112 Å². The molecule has 1 amide bonds. The van der Waals surface area contributed by atoms with Crippen LogP contribution in [0, 0.1) is 6.92 Å². The number of alkyl carbamates (subject to hydrolysis) is 1. The first-order chi connectivity index (χ1) is 14.0. The van der Waals surface area contributed by atoms with Gasteiger partial charge in [-0.1, -0.05) is 24.3 Å². The number of para-hydroxylation sites is 1. The molecule has 0 unspecified atom stereocenters. The number of nitrogens with one attached hydrogen (secondary N) is 2. The third-order valence-electron chi connectivity index (χ3n) is 4.46. The molecule has 2 aromatic rings. The molecular formula is C20H23N3O6. The molecule has 29 heavy (non-hydrogen) atoms. The predicted molar refractivity (Wildman–Crippen MR) is 105 cm³/mol. The second kappa shape index (κ2) is 9.24. The molecule has 154 valence electrons. The molecule has 3 rings (SSSR count). The van der Waals surface area contributed by atoms with Gasteiger partial charge in [-0.2, -0.15) is 0 Å². The maximum atomic E-state index is 11.9. The normalized spacial score (nSPS) is 17.9. The number of ether oxygens (including phenoxy) is 3. The lowest BCUT2D eigenvalue weighted by Gasteiger charge is -2.16. The van der Waals surface area contributed by atoms with Gasteiger partial charge < -0.3 is 19.5 Å². The average Bonchev–Trinajstić information content (AvgIpc) is 3.18. The molecule has 2 heterocycles. The summed E-state index contributed by atoms with van der Waals surface area (Å²) in [5.74, 6) is 0.769. The Morgan fingerprint density at radius 1 is 1.28 bits per heavy atom. The van der Waals surface area contributed by atoms with E-state index in [-0.39, 0.29) is 6.61 Å². The fourth-order valence-electron chi connectivity index (χ4n) is 2.93. The highest BCUT2D eigenvalue weighted by molar-refractivity contribution is 5.67. The molecule has 0 aliphatic carbocycles. The van der Waals surface area contributed by atoms with Crippen molar-refractivity contribution >= 4 is 6.09 Å². The van der Waals surface area contributed by atoms with Crippen molar-refractivity contribution in [3.05, 3.63) is 74.6 Å². The molecule has 1 aliphatic heterocycles. The summed E-state index contributed by atoms with van der Waals surface area (Å²) in [6, 6.07) is 7.59. The van der Waals surface area contributed by atoms with E-state index in [1.807, 2.05) is 24.3 Å². The second-order valence-electron chi connectivity index (χ2n) is 6.52. The van der Waals surface area contributed by atoms with Gasteiger partial charge >= 0.3 is 11.8 Å². The zero-order chi connectivity index (χ0) is 20.8. The first-order valence-corrected chi connectivity index (χ1v) is 9.16. The van der Waals surface area contributed by atoms with E-state index in [4.69, 9.17) is 14.2 Å². The SMILES string of the molecule is COc1ccccc1CCNC(=O)OC[C@@H]1C=C[C@H](n2cc(C)c(=O)[nH]c2=O)O1. The van der Waals surface area contributed by atoms with Crippen LogP contribution in [-0.2, 0) is 15.9 Å². The van der Waals surface area contributed by atoms with Crippen LogP contribution in [-0.4, -0.2) is 42.0 Å². The molecule has 0 radical (unpaired) electrons. The minimum atomic E-state index is -0.666. The lowest BCUT2D eigenvalue weighted by molar-refractivity contribution is -0.0149. The Morgan fingerprint density at radius 2 is 2.07 bits per heavy atom. The molecule has 1 aliphatic rings. The van der Waals surface area contributed by atoms with E-state index in [1.165, 1.54) is 10.8 Å². The van der Waals surface area contributed by atoms with E-state index >= 15 is 0 Å². The Hall–Kier alpha value is -3.33. The number of carbonyl (C=O) groups excluding carboxylic acids is 1. The maximum absolute atomic E-state index is 11.9. The molecule has 0 bridgehead atoms. The smallest absolute Gasteiger partial charge is 0.407 e.